The van der Waals surface area contributed by atoms with Crippen LogP contribution in [0.1, 0.15) is 0 Å². The lowest BCUT2D eigenvalue weighted by molar-refractivity contribution is 1.49. The van der Waals surface area contributed by atoms with Crippen molar-refractivity contribution in [2.24, 2.45) is 5.73 Å². The van der Waals surface area contributed by atoms with Gasteiger partial charge in [-0.25, -0.2) is 4.98 Å². The minimum Gasteiger partial charge on any atom is -0.376 e. The Balaban J connectivity index is 0.000000160. The van der Waals surface area contributed by atoms with Crippen LogP contribution in [0.5, 0.6) is 0 Å². The first-order chi connectivity index (χ1) is 10.4. The van der Waals surface area contributed by atoms with Crippen LogP contribution in [-0.2, 0) is 0 Å². The molecule has 0 spiro atoms. The second-order valence-electron chi connectivity index (χ2n) is 4.16. The van der Waals surface area contributed by atoms with E-state index in [2.05, 4.69) is 54.4 Å². The molecule has 0 amide bonds. The molecule has 0 saturated heterocycles. The van der Waals surface area contributed by atoms with Crippen molar-refractivity contribution in [3.63, 3.8) is 0 Å². The van der Waals surface area contributed by atoms with Crippen LogP contribution < -0.4 is 16.8 Å². The van der Waals surface area contributed by atoms with Crippen LogP contribution in [0, 0.1) is 0 Å². The standard InChI is InChI=1S/C7H5BrN2S.C7H7BrN2S/c8-4-1-2-5-6(3-4)11-7(9)10-5;8-5-2-1-3-6(4-5)10-7(9)11/h1-3H,(H2,9,10);1-4H,(H3,9,10,11). The van der Waals surface area contributed by atoms with Crippen LogP contribution in [0.4, 0.5) is 10.8 Å². The van der Waals surface area contributed by atoms with Crippen molar-refractivity contribution >= 4 is 81.6 Å². The fourth-order valence-corrected chi connectivity index (χ4v) is 3.43. The van der Waals surface area contributed by atoms with Crippen LogP contribution in [-0.4, -0.2) is 10.1 Å². The molecule has 0 radical (unpaired) electrons. The third kappa shape index (κ3) is 5.20. The van der Waals surface area contributed by atoms with Gasteiger partial charge < -0.3 is 16.8 Å². The molecule has 5 N–H and O–H groups in total. The van der Waals surface area contributed by atoms with Gasteiger partial charge in [0, 0.05) is 14.6 Å². The van der Waals surface area contributed by atoms with E-state index in [0.717, 1.165) is 24.8 Å². The van der Waals surface area contributed by atoms with Gasteiger partial charge in [-0.15, -0.1) is 0 Å². The Morgan fingerprint density at radius 1 is 1.14 bits per heavy atom. The number of hydrogen-bond acceptors (Lipinski definition) is 4. The molecule has 2 aromatic carbocycles. The summed E-state index contributed by atoms with van der Waals surface area (Å²) >= 11 is 12.9. The zero-order chi connectivity index (χ0) is 16.1. The molecule has 0 unspecified atom stereocenters. The molecule has 0 aliphatic rings. The first-order valence-corrected chi connectivity index (χ1v) is 8.89. The van der Waals surface area contributed by atoms with E-state index in [4.69, 9.17) is 11.5 Å². The molecule has 4 nitrogen and oxygen atoms in total. The molecule has 22 heavy (non-hydrogen) atoms. The van der Waals surface area contributed by atoms with Gasteiger partial charge in [-0.2, -0.15) is 0 Å². The lowest BCUT2D eigenvalue weighted by Crippen LogP contribution is -2.18. The Kier molecular flexibility index (Phi) is 6.13. The molecule has 0 aliphatic carbocycles. The molecule has 114 valence electrons. The zero-order valence-corrected chi connectivity index (χ0v) is 16.0. The van der Waals surface area contributed by atoms with Gasteiger partial charge in [0.15, 0.2) is 10.2 Å². The second kappa shape index (κ2) is 7.87. The van der Waals surface area contributed by atoms with Crippen molar-refractivity contribution < 1.29 is 0 Å². The maximum absolute atomic E-state index is 5.53. The average Bonchev–Trinajstić information content (AvgIpc) is 2.78. The van der Waals surface area contributed by atoms with Crippen molar-refractivity contribution in [2.45, 2.75) is 0 Å². The van der Waals surface area contributed by atoms with E-state index in [0.29, 0.717) is 5.13 Å². The molecular formula is C14H12Br2N4S2. The fourth-order valence-electron chi connectivity index (χ4n) is 1.62. The molecule has 0 fully saturated rings. The lowest BCUT2D eigenvalue weighted by Gasteiger charge is -2.02. The number of thiocarbonyl (C=S) groups is 1. The molecule has 0 atom stereocenters. The minimum atomic E-state index is 0.281. The summed E-state index contributed by atoms with van der Waals surface area (Å²) in [5.41, 5.74) is 12.7. The number of nitrogens with two attached hydrogens (primary N) is 2. The van der Waals surface area contributed by atoms with Crippen molar-refractivity contribution in [1.82, 2.24) is 4.98 Å². The topological polar surface area (TPSA) is 77.0 Å². The summed E-state index contributed by atoms with van der Waals surface area (Å²) in [7, 11) is 0. The van der Waals surface area contributed by atoms with Crippen molar-refractivity contribution in [2.75, 3.05) is 11.1 Å². The molecule has 8 heteroatoms. The fraction of sp³-hybridized carbons (Fsp3) is 0. The Bertz CT molecular complexity index is 804. The molecule has 3 rings (SSSR count). The number of thiazole rings is 1. The van der Waals surface area contributed by atoms with Gasteiger partial charge in [-0.1, -0.05) is 49.3 Å². The number of nitrogens with zero attached hydrogens (tertiary/aromatic N) is 1. The van der Waals surface area contributed by atoms with Crippen LogP contribution >= 0.6 is 55.4 Å². The quantitative estimate of drug-likeness (QED) is 0.458. The SMILES string of the molecule is NC(=S)Nc1cccc(Br)c1.Nc1nc2ccc(Br)cc2s1. The van der Waals surface area contributed by atoms with Gasteiger partial charge >= 0.3 is 0 Å². The molecular weight excluding hydrogens is 448 g/mol. The number of hydrogen-bond donors (Lipinski definition) is 3. The predicted molar refractivity (Wildman–Crippen MR) is 106 cm³/mol. The average molecular weight is 460 g/mol. The largest absolute Gasteiger partial charge is 0.376 e. The maximum Gasteiger partial charge on any atom is 0.181 e. The van der Waals surface area contributed by atoms with Crippen LogP contribution in [0.15, 0.2) is 51.4 Å². The summed E-state index contributed by atoms with van der Waals surface area (Å²) in [6.45, 7) is 0. The molecule has 3 aromatic rings. The van der Waals surface area contributed by atoms with Crippen LogP contribution in [0.25, 0.3) is 10.2 Å². The first-order valence-electron chi connectivity index (χ1n) is 6.07. The summed E-state index contributed by atoms with van der Waals surface area (Å²) in [5, 5.41) is 3.73. The molecule has 0 aliphatic heterocycles. The summed E-state index contributed by atoms with van der Waals surface area (Å²) in [5.74, 6) is 0. The van der Waals surface area contributed by atoms with Crippen molar-refractivity contribution in [3.05, 3.63) is 51.4 Å². The Labute approximate surface area is 154 Å². The normalized spacial score (nSPS) is 9.91. The number of aromatic nitrogens is 1. The number of halogens is 2. The third-order valence-corrected chi connectivity index (χ3v) is 4.40. The molecule has 1 aromatic heterocycles. The zero-order valence-electron chi connectivity index (χ0n) is 11.2. The lowest BCUT2D eigenvalue weighted by atomic mass is 10.3. The molecule has 0 bridgehead atoms. The highest BCUT2D eigenvalue weighted by Crippen LogP contribution is 2.26. The number of fused-ring (bicyclic) bond motifs is 1. The number of benzene rings is 2. The van der Waals surface area contributed by atoms with Crippen molar-refractivity contribution in [1.29, 1.82) is 0 Å². The predicted octanol–water partition coefficient (Wildman–Crippen LogP) is 4.75. The van der Waals surface area contributed by atoms with E-state index in [1.807, 2.05) is 42.5 Å². The van der Waals surface area contributed by atoms with Crippen molar-refractivity contribution in [3.8, 4) is 0 Å². The van der Waals surface area contributed by atoms with E-state index in [1.54, 1.807) is 0 Å². The highest BCUT2D eigenvalue weighted by molar-refractivity contribution is 9.10. The van der Waals surface area contributed by atoms with E-state index in [9.17, 15) is 0 Å². The summed E-state index contributed by atoms with van der Waals surface area (Å²) in [4.78, 5) is 4.13. The highest BCUT2D eigenvalue weighted by Gasteiger charge is 1.99. The smallest absolute Gasteiger partial charge is 0.181 e. The molecule has 1 heterocycles. The van der Waals surface area contributed by atoms with E-state index < -0.39 is 0 Å². The number of rotatable bonds is 1. The summed E-state index contributed by atoms with van der Waals surface area (Å²) < 4.78 is 3.18. The Morgan fingerprint density at radius 3 is 2.55 bits per heavy atom. The number of nitrogen functional groups attached to an aromatic ring is 1. The van der Waals surface area contributed by atoms with Crippen LogP contribution in [0.3, 0.4) is 0 Å². The van der Waals surface area contributed by atoms with Gasteiger partial charge in [-0.05, 0) is 48.6 Å². The van der Waals surface area contributed by atoms with E-state index in [-0.39, 0.29) is 5.11 Å². The second-order valence-corrected chi connectivity index (χ2v) is 7.50. The van der Waals surface area contributed by atoms with Gasteiger partial charge in [0.05, 0.1) is 10.2 Å². The maximum atomic E-state index is 5.53. The van der Waals surface area contributed by atoms with Gasteiger partial charge in [0.25, 0.3) is 0 Å². The van der Waals surface area contributed by atoms with Gasteiger partial charge in [0.2, 0.25) is 0 Å². The monoisotopic (exact) mass is 458 g/mol. The minimum absolute atomic E-state index is 0.281. The molecule has 0 saturated carbocycles. The van der Waals surface area contributed by atoms with E-state index in [1.165, 1.54) is 11.3 Å². The summed E-state index contributed by atoms with van der Waals surface area (Å²) in [6, 6.07) is 13.6. The summed E-state index contributed by atoms with van der Waals surface area (Å²) in [6.07, 6.45) is 0. The number of nitrogens with one attached hydrogen (secondary N) is 1. The first kappa shape index (κ1) is 17.1. The van der Waals surface area contributed by atoms with Gasteiger partial charge in [0.1, 0.15) is 0 Å². The Hall–Kier alpha value is -1.22. The van der Waals surface area contributed by atoms with Crippen LogP contribution in [0.2, 0.25) is 0 Å². The highest BCUT2D eigenvalue weighted by atomic mass is 79.9. The third-order valence-electron chi connectivity index (χ3n) is 2.46. The Morgan fingerprint density at radius 2 is 1.86 bits per heavy atom. The van der Waals surface area contributed by atoms with E-state index >= 15 is 0 Å². The number of anilines is 2. The van der Waals surface area contributed by atoms with Gasteiger partial charge in [-0.3, -0.25) is 0 Å².